The molecule has 2 aromatic carbocycles. The van der Waals surface area contributed by atoms with Crippen molar-refractivity contribution >= 4 is 32.4 Å². The van der Waals surface area contributed by atoms with Gasteiger partial charge in [-0.25, -0.2) is 13.2 Å². The summed E-state index contributed by atoms with van der Waals surface area (Å²) in [5, 5.41) is 3.19. The second-order valence-electron chi connectivity index (χ2n) is 7.12. The molecule has 1 aromatic heterocycles. The van der Waals surface area contributed by atoms with Gasteiger partial charge < -0.3 is 9.73 Å². The van der Waals surface area contributed by atoms with Gasteiger partial charge in [0.1, 0.15) is 5.58 Å². The molecule has 160 valence electrons. The SMILES string of the molecule is C/C=C\C(=C/C)S(=O)(=O)c1cc2cc(C(=O)Nc3ccc(C)cc3C)ccc2oc1=O. The van der Waals surface area contributed by atoms with E-state index in [4.69, 9.17) is 4.42 Å². The van der Waals surface area contributed by atoms with E-state index in [1.165, 1.54) is 36.4 Å². The zero-order valence-corrected chi connectivity index (χ0v) is 18.5. The minimum Gasteiger partial charge on any atom is -0.422 e. The van der Waals surface area contributed by atoms with Crippen LogP contribution in [0.1, 0.15) is 35.3 Å². The third kappa shape index (κ3) is 4.51. The number of hydrogen-bond acceptors (Lipinski definition) is 5. The molecule has 7 heteroatoms. The van der Waals surface area contributed by atoms with Crippen molar-refractivity contribution in [2.24, 2.45) is 0 Å². The van der Waals surface area contributed by atoms with Crippen LogP contribution in [-0.2, 0) is 9.84 Å². The molecular formula is C24H23NO5S. The molecule has 0 saturated heterocycles. The van der Waals surface area contributed by atoms with Crippen LogP contribution in [0.25, 0.3) is 11.0 Å². The van der Waals surface area contributed by atoms with Gasteiger partial charge >= 0.3 is 5.63 Å². The van der Waals surface area contributed by atoms with Crippen LogP contribution in [0.3, 0.4) is 0 Å². The molecule has 6 nitrogen and oxygen atoms in total. The third-order valence-corrected chi connectivity index (χ3v) is 6.66. The summed E-state index contributed by atoms with van der Waals surface area (Å²) in [6, 6.07) is 11.4. The van der Waals surface area contributed by atoms with E-state index >= 15 is 0 Å². The molecule has 1 amide bonds. The Morgan fingerprint density at radius 1 is 1.03 bits per heavy atom. The highest BCUT2D eigenvalue weighted by Crippen LogP contribution is 2.23. The lowest BCUT2D eigenvalue weighted by Crippen LogP contribution is -2.16. The number of carbonyl (C=O) groups is 1. The van der Waals surface area contributed by atoms with E-state index in [0.717, 1.165) is 11.1 Å². The van der Waals surface area contributed by atoms with Crippen molar-refractivity contribution in [1.29, 1.82) is 0 Å². The first-order valence-corrected chi connectivity index (χ1v) is 11.2. The Labute approximate surface area is 180 Å². The largest absolute Gasteiger partial charge is 0.422 e. The lowest BCUT2D eigenvalue weighted by atomic mass is 10.1. The molecule has 0 aliphatic rings. The van der Waals surface area contributed by atoms with Crippen LogP contribution in [0, 0.1) is 13.8 Å². The van der Waals surface area contributed by atoms with Gasteiger partial charge in [-0.3, -0.25) is 4.79 Å². The first-order valence-electron chi connectivity index (χ1n) is 9.68. The van der Waals surface area contributed by atoms with Gasteiger partial charge in [0.05, 0.1) is 4.91 Å². The first-order chi connectivity index (χ1) is 14.7. The van der Waals surface area contributed by atoms with Crippen LogP contribution in [0.15, 0.2) is 79.7 Å². The predicted molar refractivity (Wildman–Crippen MR) is 122 cm³/mol. The van der Waals surface area contributed by atoms with E-state index in [1.54, 1.807) is 19.9 Å². The maximum absolute atomic E-state index is 12.9. The van der Waals surface area contributed by atoms with Gasteiger partial charge in [-0.05, 0) is 69.7 Å². The summed E-state index contributed by atoms with van der Waals surface area (Å²) >= 11 is 0. The summed E-state index contributed by atoms with van der Waals surface area (Å²) < 4.78 is 31.0. The fourth-order valence-corrected chi connectivity index (χ4v) is 4.64. The summed E-state index contributed by atoms with van der Waals surface area (Å²) in [4.78, 5) is 24.6. The van der Waals surface area contributed by atoms with Crippen molar-refractivity contribution in [3.8, 4) is 0 Å². The van der Waals surface area contributed by atoms with Crippen LogP contribution >= 0.6 is 0 Å². The van der Waals surface area contributed by atoms with Gasteiger partial charge in [0.25, 0.3) is 5.91 Å². The molecule has 1 N–H and O–H groups in total. The normalized spacial score (nSPS) is 12.5. The average molecular weight is 438 g/mol. The Morgan fingerprint density at radius 2 is 1.77 bits per heavy atom. The van der Waals surface area contributed by atoms with Crippen LogP contribution in [0.2, 0.25) is 0 Å². The minimum absolute atomic E-state index is 0.00889. The molecule has 3 rings (SSSR count). The molecule has 1 heterocycles. The number of sulfone groups is 1. The van der Waals surface area contributed by atoms with Crippen molar-refractivity contribution in [2.75, 3.05) is 5.32 Å². The van der Waals surface area contributed by atoms with Gasteiger partial charge in [0, 0.05) is 16.6 Å². The Morgan fingerprint density at radius 3 is 2.42 bits per heavy atom. The number of benzene rings is 2. The lowest BCUT2D eigenvalue weighted by molar-refractivity contribution is 0.102. The lowest BCUT2D eigenvalue weighted by Gasteiger charge is -2.10. The molecule has 0 saturated carbocycles. The van der Waals surface area contributed by atoms with Crippen molar-refractivity contribution < 1.29 is 17.6 Å². The van der Waals surface area contributed by atoms with Crippen molar-refractivity contribution in [2.45, 2.75) is 32.6 Å². The standard InChI is InChI=1S/C24H23NO5S/c1-5-7-19(6-2)31(28,29)22-14-18-13-17(9-11-21(18)30-24(22)27)23(26)25-20-10-8-15(3)12-16(20)4/h5-14H,1-4H3,(H,25,26)/b7-5-,19-6+. The van der Waals surface area contributed by atoms with Crippen LogP contribution in [0.5, 0.6) is 0 Å². The number of aryl methyl sites for hydroxylation is 2. The number of carbonyl (C=O) groups excluding carboxylic acids is 1. The quantitative estimate of drug-likeness (QED) is 0.452. The second-order valence-corrected chi connectivity index (χ2v) is 9.04. The Kier molecular flexibility index (Phi) is 6.27. The fraction of sp³-hybridized carbons (Fsp3) is 0.167. The van der Waals surface area contributed by atoms with Crippen LogP contribution in [-0.4, -0.2) is 14.3 Å². The van der Waals surface area contributed by atoms with Gasteiger partial charge in [0.2, 0.25) is 9.84 Å². The van der Waals surface area contributed by atoms with Gasteiger partial charge in [-0.15, -0.1) is 0 Å². The fourth-order valence-electron chi connectivity index (χ4n) is 3.21. The zero-order valence-electron chi connectivity index (χ0n) is 17.7. The number of rotatable bonds is 5. The van der Waals surface area contributed by atoms with E-state index in [0.29, 0.717) is 16.6 Å². The minimum atomic E-state index is -4.06. The monoisotopic (exact) mass is 437 g/mol. The van der Waals surface area contributed by atoms with E-state index in [2.05, 4.69) is 5.32 Å². The molecule has 0 radical (unpaired) electrons. The Balaban J connectivity index is 2.05. The molecule has 31 heavy (non-hydrogen) atoms. The molecule has 0 spiro atoms. The maximum atomic E-state index is 12.9. The summed E-state index contributed by atoms with van der Waals surface area (Å²) in [5.41, 5.74) is 2.25. The molecule has 0 aliphatic carbocycles. The summed E-state index contributed by atoms with van der Waals surface area (Å²) in [6.45, 7) is 7.13. The smallest absolute Gasteiger partial charge is 0.355 e. The first kappa shape index (κ1) is 22.2. The van der Waals surface area contributed by atoms with E-state index in [-0.39, 0.29) is 16.4 Å². The maximum Gasteiger partial charge on any atom is 0.355 e. The molecule has 0 atom stereocenters. The number of anilines is 1. The van der Waals surface area contributed by atoms with Crippen molar-refractivity contribution in [1.82, 2.24) is 0 Å². The van der Waals surface area contributed by atoms with Gasteiger partial charge in [-0.2, -0.15) is 0 Å². The molecule has 0 fully saturated rings. The number of nitrogens with one attached hydrogen (secondary N) is 1. The van der Waals surface area contributed by atoms with E-state index in [1.807, 2.05) is 32.0 Å². The average Bonchev–Trinajstić information content (AvgIpc) is 2.72. The van der Waals surface area contributed by atoms with E-state index in [9.17, 15) is 18.0 Å². The highest BCUT2D eigenvalue weighted by molar-refractivity contribution is 7.95. The van der Waals surface area contributed by atoms with Crippen LogP contribution < -0.4 is 10.9 Å². The number of amides is 1. The molecular weight excluding hydrogens is 414 g/mol. The highest BCUT2D eigenvalue weighted by atomic mass is 32.2. The van der Waals surface area contributed by atoms with Crippen molar-refractivity contribution in [3.05, 3.63) is 92.7 Å². The predicted octanol–water partition coefficient (Wildman–Crippen LogP) is 4.92. The van der Waals surface area contributed by atoms with Gasteiger partial charge in [-0.1, -0.05) is 29.8 Å². The number of fused-ring (bicyclic) bond motifs is 1. The topological polar surface area (TPSA) is 93.4 Å². The molecule has 0 bridgehead atoms. The number of hydrogen-bond donors (Lipinski definition) is 1. The third-order valence-electron chi connectivity index (χ3n) is 4.81. The molecule has 0 unspecified atom stereocenters. The summed E-state index contributed by atoms with van der Waals surface area (Å²) in [7, 11) is -4.06. The Bertz CT molecular complexity index is 1400. The molecule has 3 aromatic rings. The van der Waals surface area contributed by atoms with E-state index < -0.39 is 20.4 Å². The Hall–Kier alpha value is -3.45. The second kappa shape index (κ2) is 8.73. The summed E-state index contributed by atoms with van der Waals surface area (Å²) in [5.74, 6) is -0.354. The van der Waals surface area contributed by atoms with Crippen LogP contribution in [0.4, 0.5) is 5.69 Å². The number of allylic oxidation sites excluding steroid dienone is 3. The summed E-state index contributed by atoms with van der Waals surface area (Å²) in [6.07, 6.45) is 4.39. The zero-order chi connectivity index (χ0) is 22.8. The highest BCUT2D eigenvalue weighted by Gasteiger charge is 2.24. The van der Waals surface area contributed by atoms with Gasteiger partial charge in [0.15, 0.2) is 4.90 Å². The van der Waals surface area contributed by atoms with Crippen molar-refractivity contribution in [3.63, 3.8) is 0 Å². The molecule has 0 aliphatic heterocycles.